The van der Waals surface area contributed by atoms with Crippen LogP contribution >= 0.6 is 0 Å². The number of aromatic nitrogens is 4. The molecule has 0 spiro atoms. The van der Waals surface area contributed by atoms with E-state index in [4.69, 9.17) is 0 Å². The molecule has 150 valence electrons. The van der Waals surface area contributed by atoms with Gasteiger partial charge in [-0.1, -0.05) is 54.1 Å². The average Bonchev–Trinajstić information content (AvgIpc) is 3.16. The second-order valence-corrected chi connectivity index (χ2v) is 7.95. The quantitative estimate of drug-likeness (QED) is 0.464. The number of rotatable bonds is 4. The first-order valence-electron chi connectivity index (χ1n) is 10.0. The van der Waals surface area contributed by atoms with Crippen LogP contribution in [0.25, 0.3) is 27.5 Å². The van der Waals surface area contributed by atoms with Crippen LogP contribution in [-0.2, 0) is 20.1 Å². The molecule has 0 aliphatic carbocycles. The van der Waals surface area contributed by atoms with Gasteiger partial charge in [0.1, 0.15) is 0 Å². The zero-order chi connectivity index (χ0) is 20.8. The van der Waals surface area contributed by atoms with Gasteiger partial charge in [-0.2, -0.15) is 0 Å². The number of aryl methyl sites for hydroxylation is 2. The van der Waals surface area contributed by atoms with Crippen LogP contribution in [0, 0.1) is 6.92 Å². The molecule has 0 atom stereocenters. The van der Waals surface area contributed by atoms with Crippen LogP contribution in [0.15, 0.2) is 65.5 Å². The Labute approximate surface area is 174 Å². The molecule has 0 amide bonds. The summed E-state index contributed by atoms with van der Waals surface area (Å²) in [6.45, 7) is 3.40. The van der Waals surface area contributed by atoms with E-state index in [2.05, 4.69) is 64.6 Å². The van der Waals surface area contributed by atoms with Gasteiger partial charge in [0, 0.05) is 13.6 Å². The van der Waals surface area contributed by atoms with Gasteiger partial charge in [0.2, 0.25) is 5.78 Å². The maximum absolute atomic E-state index is 12.8. The van der Waals surface area contributed by atoms with Crippen molar-refractivity contribution < 1.29 is 0 Å². The van der Waals surface area contributed by atoms with Gasteiger partial charge in [0.15, 0.2) is 5.82 Å². The highest BCUT2D eigenvalue weighted by molar-refractivity contribution is 5.85. The molecule has 2 heterocycles. The standard InChI is InChI=1S/C24H23N5O/c1-16-11-12-21-20(13-16)23(30)28(3)24-26-25-22(29(21)24)15-27(2)14-18-9-6-8-17-7-4-5-10-19(17)18/h4-13H,14-15H2,1-3H3. The van der Waals surface area contributed by atoms with Gasteiger partial charge in [0.05, 0.1) is 17.4 Å². The average molecular weight is 397 g/mol. The number of fused-ring (bicyclic) bond motifs is 4. The van der Waals surface area contributed by atoms with E-state index in [0.717, 1.165) is 23.4 Å². The Balaban J connectivity index is 1.55. The topological polar surface area (TPSA) is 55.4 Å². The molecule has 0 unspecified atom stereocenters. The maximum Gasteiger partial charge on any atom is 0.262 e. The zero-order valence-corrected chi connectivity index (χ0v) is 17.3. The van der Waals surface area contributed by atoms with Crippen LogP contribution in [0.5, 0.6) is 0 Å². The molecule has 5 aromatic rings. The largest absolute Gasteiger partial charge is 0.295 e. The molecular weight excluding hydrogens is 374 g/mol. The van der Waals surface area contributed by atoms with E-state index in [9.17, 15) is 4.79 Å². The minimum atomic E-state index is -0.0516. The highest BCUT2D eigenvalue weighted by atomic mass is 16.1. The van der Waals surface area contributed by atoms with Crippen molar-refractivity contribution in [2.45, 2.75) is 20.0 Å². The molecule has 0 N–H and O–H groups in total. The van der Waals surface area contributed by atoms with Gasteiger partial charge < -0.3 is 0 Å². The van der Waals surface area contributed by atoms with Crippen molar-refractivity contribution in [3.05, 3.63) is 88.0 Å². The first-order chi connectivity index (χ1) is 14.5. The molecule has 0 fully saturated rings. The molecular formula is C24H23N5O. The Kier molecular flexibility index (Phi) is 4.37. The summed E-state index contributed by atoms with van der Waals surface area (Å²) >= 11 is 0. The lowest BCUT2D eigenvalue weighted by atomic mass is 10.0. The first kappa shape index (κ1) is 18.5. The summed E-state index contributed by atoms with van der Waals surface area (Å²) in [5.41, 5.74) is 3.13. The maximum atomic E-state index is 12.8. The molecule has 0 aliphatic rings. The Bertz CT molecular complexity index is 1460. The van der Waals surface area contributed by atoms with Crippen LogP contribution in [0.4, 0.5) is 0 Å². The molecule has 6 nitrogen and oxygen atoms in total. The lowest BCUT2D eigenvalue weighted by molar-refractivity contribution is 0.311. The summed E-state index contributed by atoms with van der Waals surface area (Å²) in [5, 5.41) is 11.9. The smallest absolute Gasteiger partial charge is 0.262 e. The third-order valence-electron chi connectivity index (χ3n) is 5.67. The van der Waals surface area contributed by atoms with Crippen LogP contribution in [0.3, 0.4) is 0 Å². The van der Waals surface area contributed by atoms with E-state index in [-0.39, 0.29) is 5.56 Å². The van der Waals surface area contributed by atoms with Gasteiger partial charge >= 0.3 is 0 Å². The summed E-state index contributed by atoms with van der Waals surface area (Å²) in [5.74, 6) is 1.38. The first-order valence-corrected chi connectivity index (χ1v) is 10.0. The van der Waals surface area contributed by atoms with Crippen molar-refractivity contribution in [2.24, 2.45) is 7.05 Å². The van der Waals surface area contributed by atoms with Crippen LogP contribution in [0.2, 0.25) is 0 Å². The minimum absolute atomic E-state index is 0.0516. The zero-order valence-electron chi connectivity index (χ0n) is 17.3. The molecule has 5 rings (SSSR count). The minimum Gasteiger partial charge on any atom is -0.295 e. The van der Waals surface area contributed by atoms with E-state index in [1.807, 2.05) is 29.5 Å². The van der Waals surface area contributed by atoms with Crippen molar-refractivity contribution in [3.63, 3.8) is 0 Å². The van der Waals surface area contributed by atoms with E-state index in [1.54, 1.807) is 11.6 Å². The molecule has 0 saturated heterocycles. The lowest BCUT2D eigenvalue weighted by Crippen LogP contribution is -2.22. The van der Waals surface area contributed by atoms with Crippen molar-refractivity contribution in [3.8, 4) is 0 Å². The summed E-state index contributed by atoms with van der Waals surface area (Å²) < 4.78 is 3.57. The predicted octanol–water partition coefficient (Wildman–Crippen LogP) is 3.67. The summed E-state index contributed by atoms with van der Waals surface area (Å²) in [7, 11) is 3.83. The highest BCUT2D eigenvalue weighted by Crippen LogP contribution is 2.21. The second kappa shape index (κ2) is 7.07. The Morgan fingerprint density at radius 1 is 0.933 bits per heavy atom. The van der Waals surface area contributed by atoms with Crippen LogP contribution in [-0.4, -0.2) is 31.1 Å². The van der Waals surface area contributed by atoms with Gasteiger partial charge in [0.25, 0.3) is 5.56 Å². The monoisotopic (exact) mass is 397 g/mol. The van der Waals surface area contributed by atoms with Gasteiger partial charge in [-0.05, 0) is 42.4 Å². The fraction of sp³-hybridized carbons (Fsp3) is 0.208. The van der Waals surface area contributed by atoms with Crippen molar-refractivity contribution >= 4 is 27.5 Å². The predicted molar refractivity (Wildman–Crippen MR) is 120 cm³/mol. The molecule has 6 heteroatoms. The van der Waals surface area contributed by atoms with Crippen LogP contribution in [0.1, 0.15) is 17.0 Å². The van der Waals surface area contributed by atoms with Crippen molar-refractivity contribution in [2.75, 3.05) is 7.05 Å². The Hall–Kier alpha value is -3.51. The molecule has 0 bridgehead atoms. The molecule has 3 aromatic carbocycles. The Morgan fingerprint density at radius 3 is 2.60 bits per heavy atom. The van der Waals surface area contributed by atoms with E-state index >= 15 is 0 Å². The molecule has 30 heavy (non-hydrogen) atoms. The summed E-state index contributed by atoms with van der Waals surface area (Å²) in [6.07, 6.45) is 0. The number of hydrogen-bond acceptors (Lipinski definition) is 4. The van der Waals surface area contributed by atoms with Crippen molar-refractivity contribution in [1.29, 1.82) is 0 Å². The number of nitrogens with zero attached hydrogens (tertiary/aromatic N) is 5. The normalized spacial score (nSPS) is 11.9. The van der Waals surface area contributed by atoms with E-state index in [0.29, 0.717) is 17.7 Å². The van der Waals surface area contributed by atoms with Gasteiger partial charge in [-0.25, -0.2) is 0 Å². The molecule has 0 radical (unpaired) electrons. The Morgan fingerprint density at radius 2 is 1.73 bits per heavy atom. The molecule has 0 aliphatic heterocycles. The molecule has 2 aromatic heterocycles. The van der Waals surface area contributed by atoms with E-state index < -0.39 is 0 Å². The fourth-order valence-corrected chi connectivity index (χ4v) is 4.18. The van der Waals surface area contributed by atoms with Gasteiger partial charge in [-0.3, -0.25) is 18.7 Å². The second-order valence-electron chi connectivity index (χ2n) is 7.95. The highest BCUT2D eigenvalue weighted by Gasteiger charge is 2.16. The number of hydrogen-bond donors (Lipinski definition) is 0. The van der Waals surface area contributed by atoms with Gasteiger partial charge in [-0.15, -0.1) is 10.2 Å². The lowest BCUT2D eigenvalue weighted by Gasteiger charge is -2.17. The summed E-state index contributed by atoms with van der Waals surface area (Å²) in [4.78, 5) is 15.0. The summed E-state index contributed by atoms with van der Waals surface area (Å²) in [6, 6.07) is 20.8. The fourth-order valence-electron chi connectivity index (χ4n) is 4.18. The molecule has 0 saturated carbocycles. The van der Waals surface area contributed by atoms with Crippen LogP contribution < -0.4 is 5.56 Å². The van der Waals surface area contributed by atoms with Crippen molar-refractivity contribution in [1.82, 2.24) is 24.1 Å². The van der Waals surface area contributed by atoms with E-state index in [1.165, 1.54) is 16.3 Å². The third-order valence-corrected chi connectivity index (χ3v) is 5.67. The SMILES string of the molecule is Cc1ccc2c(c1)c(=O)n(C)c1nnc(CN(C)Cc3cccc4ccccc34)n21. The number of benzene rings is 3. The third kappa shape index (κ3) is 2.97.